The molecule has 0 saturated carbocycles. The molecular formula is C21H15F4N3O3. The van der Waals surface area contributed by atoms with Crippen LogP contribution in [0.3, 0.4) is 0 Å². The smallest absolute Gasteiger partial charge is 0.274 e. The number of nitrogens with one attached hydrogen (secondary N) is 1. The number of nitrogens with zero attached hydrogens (tertiary/aromatic N) is 2. The monoisotopic (exact) mass is 433 g/mol. The van der Waals surface area contributed by atoms with Crippen molar-refractivity contribution in [3.05, 3.63) is 80.8 Å². The van der Waals surface area contributed by atoms with Crippen molar-refractivity contribution in [2.24, 2.45) is 14.1 Å². The van der Waals surface area contributed by atoms with E-state index < -0.39 is 34.9 Å². The maximum atomic E-state index is 14.4. The predicted molar refractivity (Wildman–Crippen MR) is 106 cm³/mol. The summed E-state index contributed by atoms with van der Waals surface area (Å²) in [7, 11) is 2.91. The van der Waals surface area contributed by atoms with Crippen molar-refractivity contribution in [1.29, 1.82) is 0 Å². The number of ether oxygens (including phenoxy) is 1. The lowest BCUT2D eigenvalue weighted by Crippen LogP contribution is -2.18. The van der Waals surface area contributed by atoms with Crippen molar-refractivity contribution >= 4 is 10.9 Å². The number of rotatable bonds is 4. The van der Waals surface area contributed by atoms with Crippen LogP contribution in [0, 0.1) is 11.6 Å². The van der Waals surface area contributed by atoms with Gasteiger partial charge in [0.1, 0.15) is 11.3 Å². The maximum Gasteiger partial charge on any atom is 0.274 e. The van der Waals surface area contributed by atoms with Crippen molar-refractivity contribution in [1.82, 2.24) is 14.1 Å². The van der Waals surface area contributed by atoms with Gasteiger partial charge < -0.3 is 18.9 Å². The third-order valence-corrected chi connectivity index (χ3v) is 4.86. The summed E-state index contributed by atoms with van der Waals surface area (Å²) in [6.45, 7) is 0. The molecule has 0 radical (unpaired) electrons. The van der Waals surface area contributed by atoms with Crippen LogP contribution in [0.2, 0.25) is 0 Å². The molecule has 0 spiro atoms. The minimum absolute atomic E-state index is 0.129. The van der Waals surface area contributed by atoms with E-state index in [1.807, 2.05) is 0 Å². The Labute approximate surface area is 171 Å². The molecule has 0 aliphatic rings. The Morgan fingerprint density at radius 3 is 2.45 bits per heavy atom. The van der Waals surface area contributed by atoms with Gasteiger partial charge in [-0.2, -0.15) is 0 Å². The minimum atomic E-state index is -3.20. The maximum absolute atomic E-state index is 14.4. The van der Waals surface area contributed by atoms with Crippen molar-refractivity contribution in [2.75, 3.05) is 0 Å². The van der Waals surface area contributed by atoms with Crippen LogP contribution in [-0.4, -0.2) is 14.1 Å². The summed E-state index contributed by atoms with van der Waals surface area (Å²) in [5.41, 5.74) is -0.954. The summed E-state index contributed by atoms with van der Waals surface area (Å²) < 4.78 is 62.6. The first-order valence-corrected chi connectivity index (χ1v) is 9.00. The van der Waals surface area contributed by atoms with Gasteiger partial charge in [-0.25, -0.2) is 17.6 Å². The van der Waals surface area contributed by atoms with Crippen molar-refractivity contribution in [2.45, 2.75) is 6.43 Å². The van der Waals surface area contributed by atoms with E-state index in [0.29, 0.717) is 23.1 Å². The van der Waals surface area contributed by atoms with Gasteiger partial charge in [-0.3, -0.25) is 9.59 Å². The molecule has 3 aromatic heterocycles. The van der Waals surface area contributed by atoms with Gasteiger partial charge in [-0.1, -0.05) is 0 Å². The van der Waals surface area contributed by atoms with Crippen LogP contribution in [0.15, 0.2) is 52.4 Å². The molecule has 4 aromatic rings. The van der Waals surface area contributed by atoms with E-state index in [2.05, 4.69) is 4.98 Å². The van der Waals surface area contributed by atoms with Crippen LogP contribution in [-0.2, 0) is 14.1 Å². The number of aryl methyl sites for hydroxylation is 2. The molecule has 1 aromatic carbocycles. The zero-order valence-electron chi connectivity index (χ0n) is 16.2. The standard InChI is InChI=1S/C21H15F4N3O3/c1-27-9-16(31-19-13(20(24)25)5-10(22)6-15(19)23)12(7-17(27)29)14-8-28(2)21(30)18-11(14)3-4-26-18/h3-9,20,26H,1-2H3. The van der Waals surface area contributed by atoms with Gasteiger partial charge in [0.2, 0.25) is 0 Å². The highest BCUT2D eigenvalue weighted by molar-refractivity contribution is 5.95. The number of halogens is 4. The van der Waals surface area contributed by atoms with E-state index in [4.69, 9.17) is 4.74 Å². The molecule has 10 heteroatoms. The molecule has 1 N–H and O–H groups in total. The quantitative estimate of drug-likeness (QED) is 0.490. The molecule has 31 heavy (non-hydrogen) atoms. The lowest BCUT2D eigenvalue weighted by Gasteiger charge is -2.17. The number of hydrogen-bond acceptors (Lipinski definition) is 3. The van der Waals surface area contributed by atoms with E-state index in [0.717, 1.165) is 4.57 Å². The number of aromatic nitrogens is 3. The van der Waals surface area contributed by atoms with Crippen molar-refractivity contribution in [3.8, 4) is 22.6 Å². The molecule has 0 amide bonds. The summed E-state index contributed by atoms with van der Waals surface area (Å²) in [6, 6.07) is 3.71. The molecular weight excluding hydrogens is 418 g/mol. The molecule has 3 heterocycles. The Bertz CT molecular complexity index is 1440. The number of fused-ring (bicyclic) bond motifs is 1. The van der Waals surface area contributed by atoms with Gasteiger partial charge in [0, 0.05) is 55.1 Å². The molecule has 160 valence electrons. The highest BCUT2D eigenvalue weighted by atomic mass is 19.3. The van der Waals surface area contributed by atoms with Crippen LogP contribution in [0.1, 0.15) is 12.0 Å². The van der Waals surface area contributed by atoms with Crippen molar-refractivity contribution < 1.29 is 22.3 Å². The Balaban J connectivity index is 1.99. The predicted octanol–water partition coefficient (Wildman–Crippen LogP) is 4.24. The summed E-state index contributed by atoms with van der Waals surface area (Å²) in [5.74, 6) is -3.47. The zero-order valence-corrected chi connectivity index (χ0v) is 16.2. The SMILES string of the molecule is Cn1cc(Oc2c(F)cc(F)cc2C(F)F)c(-c2cn(C)c(=O)c3[nH]ccc23)cc1=O. The molecule has 0 unspecified atom stereocenters. The lowest BCUT2D eigenvalue weighted by molar-refractivity contribution is 0.146. The van der Waals surface area contributed by atoms with Gasteiger partial charge in [-0.05, 0) is 12.1 Å². The number of alkyl halides is 2. The Hall–Kier alpha value is -3.82. The van der Waals surface area contributed by atoms with Gasteiger partial charge in [-0.15, -0.1) is 0 Å². The van der Waals surface area contributed by atoms with Crippen LogP contribution in [0.25, 0.3) is 22.0 Å². The van der Waals surface area contributed by atoms with Crippen LogP contribution >= 0.6 is 0 Å². The van der Waals surface area contributed by atoms with Crippen LogP contribution in [0.5, 0.6) is 11.5 Å². The van der Waals surface area contributed by atoms with E-state index in [1.54, 1.807) is 6.07 Å². The minimum Gasteiger partial charge on any atom is -0.452 e. The Kier molecular flexibility index (Phi) is 4.92. The fourth-order valence-corrected chi connectivity index (χ4v) is 3.34. The van der Waals surface area contributed by atoms with Gasteiger partial charge in [0.15, 0.2) is 17.3 Å². The first-order valence-electron chi connectivity index (χ1n) is 9.00. The second-order valence-corrected chi connectivity index (χ2v) is 6.93. The molecule has 0 atom stereocenters. The van der Waals surface area contributed by atoms with E-state index in [-0.39, 0.29) is 22.4 Å². The highest BCUT2D eigenvalue weighted by Crippen LogP contribution is 2.39. The summed E-state index contributed by atoms with van der Waals surface area (Å²) in [6.07, 6.45) is 0.991. The largest absolute Gasteiger partial charge is 0.452 e. The summed E-state index contributed by atoms with van der Waals surface area (Å²) in [4.78, 5) is 27.5. The van der Waals surface area contributed by atoms with Crippen molar-refractivity contribution in [3.63, 3.8) is 0 Å². The molecule has 0 saturated heterocycles. The number of hydrogen-bond donors (Lipinski definition) is 1. The molecule has 4 rings (SSSR count). The van der Waals surface area contributed by atoms with Gasteiger partial charge in [0.25, 0.3) is 17.5 Å². The van der Waals surface area contributed by atoms with Crippen LogP contribution < -0.4 is 15.9 Å². The van der Waals surface area contributed by atoms with E-state index in [9.17, 15) is 27.2 Å². The third-order valence-electron chi connectivity index (χ3n) is 4.86. The number of pyridine rings is 2. The fourth-order valence-electron chi connectivity index (χ4n) is 3.34. The van der Waals surface area contributed by atoms with E-state index in [1.165, 1.54) is 43.3 Å². The topological polar surface area (TPSA) is 69.0 Å². The molecule has 6 nitrogen and oxygen atoms in total. The fraction of sp³-hybridized carbons (Fsp3) is 0.143. The molecule has 0 aliphatic heterocycles. The Morgan fingerprint density at radius 1 is 1.00 bits per heavy atom. The van der Waals surface area contributed by atoms with Gasteiger partial charge >= 0.3 is 0 Å². The highest BCUT2D eigenvalue weighted by Gasteiger charge is 2.23. The molecule has 0 bridgehead atoms. The average Bonchev–Trinajstić information content (AvgIpc) is 3.19. The second kappa shape index (κ2) is 7.46. The first kappa shape index (κ1) is 20.5. The zero-order chi connectivity index (χ0) is 22.4. The number of benzene rings is 1. The normalized spacial score (nSPS) is 11.5. The second-order valence-electron chi connectivity index (χ2n) is 6.93. The first-order chi connectivity index (χ1) is 14.7. The van der Waals surface area contributed by atoms with E-state index >= 15 is 0 Å². The lowest BCUT2D eigenvalue weighted by atomic mass is 10.0. The van der Waals surface area contributed by atoms with Gasteiger partial charge in [0.05, 0.1) is 11.8 Å². The average molecular weight is 433 g/mol. The molecule has 0 fully saturated rings. The number of H-pyrrole nitrogens is 1. The number of aromatic amines is 1. The summed E-state index contributed by atoms with van der Waals surface area (Å²) >= 11 is 0. The van der Waals surface area contributed by atoms with Crippen LogP contribution in [0.4, 0.5) is 17.6 Å². The third kappa shape index (κ3) is 3.49. The molecule has 0 aliphatic carbocycles. The summed E-state index contributed by atoms with van der Waals surface area (Å²) in [5, 5.41) is 0.454. The Morgan fingerprint density at radius 2 is 1.74 bits per heavy atom.